The molecule has 118 valence electrons. The predicted octanol–water partition coefficient (Wildman–Crippen LogP) is 3.67. The highest BCUT2D eigenvalue weighted by molar-refractivity contribution is 7.98. The van der Waals surface area contributed by atoms with Crippen LogP contribution in [-0.2, 0) is 0 Å². The molecule has 0 saturated carbocycles. The molecule has 0 atom stereocenters. The van der Waals surface area contributed by atoms with Gasteiger partial charge in [-0.15, -0.1) is 10.2 Å². The molecule has 1 heterocycles. The molecule has 0 unspecified atom stereocenters. The third-order valence-electron chi connectivity index (χ3n) is 3.49. The Bertz CT molecular complexity index is 800. The summed E-state index contributed by atoms with van der Waals surface area (Å²) in [6, 6.07) is 15.6. The second-order valence-corrected chi connectivity index (χ2v) is 5.52. The van der Waals surface area contributed by atoms with Gasteiger partial charge in [-0.25, -0.2) is 0 Å². The van der Waals surface area contributed by atoms with Gasteiger partial charge in [-0.05, 0) is 42.7 Å². The third-order valence-corrected chi connectivity index (χ3v) is 4.12. The van der Waals surface area contributed by atoms with E-state index in [4.69, 9.17) is 9.47 Å². The van der Waals surface area contributed by atoms with Crippen molar-refractivity contribution in [3.05, 3.63) is 48.5 Å². The Balaban J connectivity index is 2.17. The Labute approximate surface area is 139 Å². The average molecular weight is 327 g/mol. The number of hydrogen-bond donors (Lipinski definition) is 0. The number of benzene rings is 2. The van der Waals surface area contributed by atoms with Gasteiger partial charge in [0.05, 0.1) is 25.5 Å². The van der Waals surface area contributed by atoms with E-state index in [1.165, 1.54) is 0 Å². The summed E-state index contributed by atoms with van der Waals surface area (Å²) < 4.78 is 12.7. The summed E-state index contributed by atoms with van der Waals surface area (Å²) in [6.07, 6.45) is 1.98. The van der Waals surface area contributed by atoms with Crippen LogP contribution in [0.15, 0.2) is 53.7 Å². The van der Waals surface area contributed by atoms with Crippen molar-refractivity contribution in [3.8, 4) is 28.6 Å². The summed E-state index contributed by atoms with van der Waals surface area (Å²) in [5.74, 6) is 2.32. The largest absolute Gasteiger partial charge is 0.497 e. The quantitative estimate of drug-likeness (QED) is 0.669. The minimum Gasteiger partial charge on any atom is -0.497 e. The van der Waals surface area contributed by atoms with Crippen LogP contribution in [0.25, 0.3) is 17.1 Å². The van der Waals surface area contributed by atoms with Crippen LogP contribution >= 0.6 is 11.8 Å². The number of rotatable bonds is 5. The molecule has 0 amide bonds. The van der Waals surface area contributed by atoms with Crippen molar-refractivity contribution >= 4 is 11.8 Å². The molecule has 1 aromatic heterocycles. The zero-order valence-electron chi connectivity index (χ0n) is 13.2. The topological polar surface area (TPSA) is 49.2 Å². The van der Waals surface area contributed by atoms with Crippen molar-refractivity contribution in [2.45, 2.75) is 5.16 Å². The molecule has 5 nitrogen and oxygen atoms in total. The second-order valence-electron chi connectivity index (χ2n) is 4.74. The Morgan fingerprint density at radius 3 is 2.30 bits per heavy atom. The number of nitrogens with zero attached hydrogens (tertiary/aromatic N) is 3. The first kappa shape index (κ1) is 15.4. The lowest BCUT2D eigenvalue weighted by molar-refractivity contribution is 0.414. The van der Waals surface area contributed by atoms with Crippen LogP contribution in [-0.4, -0.2) is 35.2 Å². The van der Waals surface area contributed by atoms with E-state index in [0.29, 0.717) is 0 Å². The summed E-state index contributed by atoms with van der Waals surface area (Å²) in [5.41, 5.74) is 1.87. The van der Waals surface area contributed by atoms with Crippen LogP contribution in [0.3, 0.4) is 0 Å². The van der Waals surface area contributed by atoms with E-state index in [0.717, 1.165) is 33.7 Å². The lowest BCUT2D eigenvalue weighted by Gasteiger charge is -2.12. The Morgan fingerprint density at radius 2 is 1.65 bits per heavy atom. The fourth-order valence-electron chi connectivity index (χ4n) is 2.37. The number of thioether (sulfide) groups is 1. The van der Waals surface area contributed by atoms with Gasteiger partial charge in [0, 0.05) is 0 Å². The Kier molecular flexibility index (Phi) is 4.52. The van der Waals surface area contributed by atoms with Gasteiger partial charge < -0.3 is 9.47 Å². The number of ether oxygens (including phenoxy) is 2. The minimum atomic E-state index is 0.747. The molecule has 0 aliphatic heterocycles. The van der Waals surface area contributed by atoms with Gasteiger partial charge in [-0.1, -0.05) is 23.9 Å². The highest BCUT2D eigenvalue weighted by atomic mass is 32.2. The van der Waals surface area contributed by atoms with E-state index >= 15 is 0 Å². The summed E-state index contributed by atoms with van der Waals surface area (Å²) in [7, 11) is 3.31. The van der Waals surface area contributed by atoms with Crippen LogP contribution in [0, 0.1) is 0 Å². The molecule has 3 aromatic rings. The Morgan fingerprint density at radius 1 is 0.913 bits per heavy atom. The van der Waals surface area contributed by atoms with Crippen molar-refractivity contribution in [2.75, 3.05) is 20.5 Å². The molecule has 0 N–H and O–H groups in total. The minimum absolute atomic E-state index is 0.747. The molecule has 0 radical (unpaired) electrons. The lowest BCUT2D eigenvalue weighted by atomic mass is 10.2. The van der Waals surface area contributed by atoms with E-state index in [2.05, 4.69) is 10.2 Å². The third kappa shape index (κ3) is 2.90. The number of aromatic nitrogens is 3. The summed E-state index contributed by atoms with van der Waals surface area (Å²) >= 11 is 1.55. The van der Waals surface area contributed by atoms with Crippen LogP contribution in [0.4, 0.5) is 0 Å². The molecule has 0 spiro atoms. The predicted molar refractivity (Wildman–Crippen MR) is 91.7 cm³/mol. The normalized spacial score (nSPS) is 10.6. The highest BCUT2D eigenvalue weighted by Crippen LogP contribution is 2.32. The van der Waals surface area contributed by atoms with E-state index in [1.54, 1.807) is 26.0 Å². The van der Waals surface area contributed by atoms with Crippen molar-refractivity contribution in [3.63, 3.8) is 0 Å². The van der Waals surface area contributed by atoms with Gasteiger partial charge in [0.15, 0.2) is 11.0 Å². The van der Waals surface area contributed by atoms with Gasteiger partial charge in [0.2, 0.25) is 0 Å². The Hall–Kier alpha value is -2.47. The fraction of sp³-hybridized carbons (Fsp3) is 0.176. The van der Waals surface area contributed by atoms with Crippen molar-refractivity contribution in [1.29, 1.82) is 0 Å². The molecular weight excluding hydrogens is 310 g/mol. The smallest absolute Gasteiger partial charge is 0.195 e. The maximum absolute atomic E-state index is 5.46. The first-order valence-corrected chi connectivity index (χ1v) is 8.28. The molecule has 0 aliphatic carbocycles. The molecule has 3 rings (SSSR count). The standard InChI is InChI=1S/C17H17N3O2S/c1-21-13-10-8-12(9-11-13)20-16(18-19-17(20)23-3)14-6-4-5-7-15(14)22-2/h4-11H,1-3H3. The van der Waals surface area contributed by atoms with Crippen LogP contribution in [0.2, 0.25) is 0 Å². The van der Waals surface area contributed by atoms with Crippen LogP contribution in [0.1, 0.15) is 0 Å². The van der Waals surface area contributed by atoms with Gasteiger partial charge in [-0.3, -0.25) is 4.57 Å². The zero-order chi connectivity index (χ0) is 16.2. The van der Waals surface area contributed by atoms with Crippen LogP contribution < -0.4 is 9.47 Å². The van der Waals surface area contributed by atoms with Gasteiger partial charge in [0.25, 0.3) is 0 Å². The fourth-order valence-corrected chi connectivity index (χ4v) is 2.87. The van der Waals surface area contributed by atoms with E-state index < -0.39 is 0 Å². The van der Waals surface area contributed by atoms with E-state index in [1.807, 2.05) is 59.4 Å². The first-order valence-electron chi connectivity index (χ1n) is 7.05. The molecule has 0 bridgehead atoms. The molecule has 2 aromatic carbocycles. The molecule has 0 saturated heterocycles. The van der Waals surface area contributed by atoms with E-state index in [-0.39, 0.29) is 0 Å². The van der Waals surface area contributed by atoms with Gasteiger partial charge in [0.1, 0.15) is 11.5 Å². The molecule has 0 fully saturated rings. The monoisotopic (exact) mass is 327 g/mol. The maximum Gasteiger partial charge on any atom is 0.195 e. The number of hydrogen-bond acceptors (Lipinski definition) is 5. The SMILES string of the molecule is COc1ccc(-n2c(SC)nnc2-c2ccccc2OC)cc1. The highest BCUT2D eigenvalue weighted by Gasteiger charge is 2.17. The second kappa shape index (κ2) is 6.75. The first-order chi connectivity index (χ1) is 11.3. The zero-order valence-corrected chi connectivity index (χ0v) is 14.0. The summed E-state index contributed by atoms with van der Waals surface area (Å²) in [4.78, 5) is 0. The molecular formula is C17H17N3O2S. The average Bonchev–Trinajstić information content (AvgIpc) is 3.05. The molecule has 0 aliphatic rings. The van der Waals surface area contributed by atoms with Crippen molar-refractivity contribution < 1.29 is 9.47 Å². The van der Waals surface area contributed by atoms with Crippen molar-refractivity contribution in [2.24, 2.45) is 0 Å². The van der Waals surface area contributed by atoms with Crippen LogP contribution in [0.5, 0.6) is 11.5 Å². The number of methoxy groups -OCH3 is 2. The number of para-hydroxylation sites is 1. The maximum atomic E-state index is 5.46. The van der Waals surface area contributed by atoms with E-state index in [9.17, 15) is 0 Å². The molecule has 6 heteroatoms. The lowest BCUT2D eigenvalue weighted by Crippen LogP contribution is -2.00. The van der Waals surface area contributed by atoms with Gasteiger partial charge >= 0.3 is 0 Å². The molecule has 23 heavy (non-hydrogen) atoms. The summed E-state index contributed by atoms with van der Waals surface area (Å²) in [6.45, 7) is 0. The van der Waals surface area contributed by atoms with Gasteiger partial charge in [-0.2, -0.15) is 0 Å². The van der Waals surface area contributed by atoms with Crippen molar-refractivity contribution in [1.82, 2.24) is 14.8 Å². The summed E-state index contributed by atoms with van der Waals surface area (Å²) in [5, 5.41) is 9.48.